The summed E-state index contributed by atoms with van der Waals surface area (Å²) in [5.41, 5.74) is -0.280. The van der Waals surface area contributed by atoms with E-state index < -0.39 is 29.5 Å². The van der Waals surface area contributed by atoms with E-state index in [4.69, 9.17) is 0 Å². The molecule has 0 saturated carbocycles. The van der Waals surface area contributed by atoms with Crippen LogP contribution in [0.5, 0.6) is 11.5 Å². The lowest BCUT2D eigenvalue weighted by Crippen LogP contribution is -2.17. The quantitative estimate of drug-likeness (QED) is 0.838. The zero-order chi connectivity index (χ0) is 14.9. The Labute approximate surface area is 110 Å². The van der Waals surface area contributed by atoms with Gasteiger partial charge in [-0.2, -0.15) is 0 Å². The molecule has 0 radical (unpaired) electrons. The second-order valence-electron chi connectivity index (χ2n) is 3.86. The average molecular weight is 290 g/mol. The Hall–Kier alpha value is -2.31. The number of phenols is 1. The molecule has 0 bridgehead atoms. The second-order valence-corrected chi connectivity index (χ2v) is 3.86. The number of phenolic OH excluding ortho intramolecular Hbond substituents is 1. The number of aromatic hydroxyl groups is 1. The van der Waals surface area contributed by atoms with E-state index in [9.17, 15) is 27.1 Å². The van der Waals surface area contributed by atoms with E-state index in [1.54, 1.807) is 0 Å². The molecular formula is C13H7F5O2. The maximum atomic E-state index is 13.2. The lowest BCUT2D eigenvalue weighted by Gasteiger charge is -2.11. The van der Waals surface area contributed by atoms with Gasteiger partial charge in [0.2, 0.25) is 0 Å². The minimum Gasteiger partial charge on any atom is -0.504 e. The molecule has 0 aromatic heterocycles. The molecule has 1 N–H and O–H groups in total. The normalized spacial score (nSPS) is 11.4. The molecular weight excluding hydrogens is 283 g/mol. The van der Waals surface area contributed by atoms with Gasteiger partial charge in [0.1, 0.15) is 11.6 Å². The Balaban J connectivity index is 2.46. The van der Waals surface area contributed by atoms with E-state index in [0.29, 0.717) is 6.07 Å². The van der Waals surface area contributed by atoms with Crippen molar-refractivity contribution in [2.24, 2.45) is 0 Å². The lowest BCUT2D eigenvalue weighted by molar-refractivity contribution is -0.274. The van der Waals surface area contributed by atoms with Gasteiger partial charge in [-0.1, -0.05) is 12.1 Å². The summed E-state index contributed by atoms with van der Waals surface area (Å²) in [6, 6.07) is 5.72. The van der Waals surface area contributed by atoms with Crippen LogP contribution in [-0.2, 0) is 0 Å². The number of ether oxygens (including phenoxy) is 1. The molecule has 0 saturated heterocycles. The maximum Gasteiger partial charge on any atom is 0.573 e. The molecule has 2 aromatic carbocycles. The molecule has 7 heteroatoms. The number of hydrogen-bond donors (Lipinski definition) is 1. The van der Waals surface area contributed by atoms with Crippen molar-refractivity contribution in [1.29, 1.82) is 0 Å². The van der Waals surface area contributed by atoms with Crippen LogP contribution < -0.4 is 4.74 Å². The van der Waals surface area contributed by atoms with Gasteiger partial charge in [-0.05, 0) is 23.8 Å². The summed E-state index contributed by atoms with van der Waals surface area (Å²) in [6.07, 6.45) is -4.88. The van der Waals surface area contributed by atoms with Crippen LogP contribution in [-0.4, -0.2) is 11.5 Å². The lowest BCUT2D eigenvalue weighted by atomic mass is 10.0. The number of hydrogen-bond acceptors (Lipinski definition) is 2. The first-order valence-electron chi connectivity index (χ1n) is 5.30. The van der Waals surface area contributed by atoms with Crippen molar-refractivity contribution in [1.82, 2.24) is 0 Å². The first kappa shape index (κ1) is 14.1. The third-order valence-electron chi connectivity index (χ3n) is 2.41. The van der Waals surface area contributed by atoms with E-state index >= 15 is 0 Å². The van der Waals surface area contributed by atoms with Gasteiger partial charge in [-0.15, -0.1) is 13.2 Å². The van der Waals surface area contributed by atoms with Crippen LogP contribution in [0, 0.1) is 11.6 Å². The van der Waals surface area contributed by atoms with Crippen LogP contribution in [0.3, 0.4) is 0 Å². The minimum absolute atomic E-state index is 0.0114. The molecule has 0 atom stereocenters. The molecule has 106 valence electrons. The summed E-state index contributed by atoms with van der Waals surface area (Å²) < 4.78 is 66.3. The molecule has 0 unspecified atom stereocenters. The summed E-state index contributed by atoms with van der Waals surface area (Å²) in [6.45, 7) is 0. The Bertz CT molecular complexity index is 637. The topological polar surface area (TPSA) is 29.5 Å². The monoisotopic (exact) mass is 290 g/mol. The zero-order valence-corrected chi connectivity index (χ0v) is 9.71. The fourth-order valence-electron chi connectivity index (χ4n) is 1.65. The first-order chi connectivity index (χ1) is 9.26. The van der Waals surface area contributed by atoms with Crippen LogP contribution >= 0.6 is 0 Å². The summed E-state index contributed by atoms with van der Waals surface area (Å²) in [4.78, 5) is 0. The summed E-state index contributed by atoms with van der Waals surface area (Å²) in [5.74, 6) is -3.57. The van der Waals surface area contributed by atoms with E-state index in [0.717, 1.165) is 18.2 Å². The van der Waals surface area contributed by atoms with E-state index in [1.165, 1.54) is 12.1 Å². The van der Waals surface area contributed by atoms with Gasteiger partial charge in [-0.3, -0.25) is 0 Å². The maximum absolute atomic E-state index is 13.2. The molecule has 2 aromatic rings. The molecule has 0 aliphatic carbocycles. The predicted molar refractivity (Wildman–Crippen MR) is 60.1 cm³/mol. The van der Waals surface area contributed by atoms with Gasteiger partial charge >= 0.3 is 6.36 Å². The van der Waals surface area contributed by atoms with Crippen molar-refractivity contribution in [2.45, 2.75) is 6.36 Å². The molecule has 2 rings (SSSR count). The molecule has 0 heterocycles. The van der Waals surface area contributed by atoms with Crippen molar-refractivity contribution in [3.05, 3.63) is 48.0 Å². The largest absolute Gasteiger partial charge is 0.573 e. The van der Waals surface area contributed by atoms with Crippen LogP contribution in [0.25, 0.3) is 11.1 Å². The Morgan fingerprint density at radius 3 is 2.35 bits per heavy atom. The Kier molecular flexibility index (Phi) is 3.52. The fourth-order valence-corrected chi connectivity index (χ4v) is 1.65. The van der Waals surface area contributed by atoms with Crippen molar-refractivity contribution >= 4 is 0 Å². The number of alkyl halides is 3. The number of rotatable bonds is 2. The van der Waals surface area contributed by atoms with Crippen molar-refractivity contribution in [3.8, 4) is 22.6 Å². The van der Waals surface area contributed by atoms with Crippen molar-refractivity contribution in [3.63, 3.8) is 0 Å². The molecule has 20 heavy (non-hydrogen) atoms. The van der Waals surface area contributed by atoms with Gasteiger partial charge < -0.3 is 9.84 Å². The third-order valence-corrected chi connectivity index (χ3v) is 2.41. The van der Waals surface area contributed by atoms with E-state index in [-0.39, 0.29) is 11.1 Å². The van der Waals surface area contributed by atoms with Crippen LogP contribution in [0.15, 0.2) is 36.4 Å². The standard InChI is InChI=1S/C13H7F5O2/c14-8-5-10(12(19)11(15)6-8)7-2-1-3-9(4-7)20-13(16,17)18/h1-6,19H. The van der Waals surface area contributed by atoms with Gasteiger partial charge in [0.05, 0.1) is 0 Å². The van der Waals surface area contributed by atoms with Crippen LogP contribution in [0.4, 0.5) is 22.0 Å². The van der Waals surface area contributed by atoms with Crippen LogP contribution in [0.2, 0.25) is 0 Å². The smallest absolute Gasteiger partial charge is 0.504 e. The highest BCUT2D eigenvalue weighted by molar-refractivity contribution is 5.71. The Morgan fingerprint density at radius 1 is 1.00 bits per heavy atom. The highest BCUT2D eigenvalue weighted by Gasteiger charge is 2.31. The second kappa shape index (κ2) is 4.99. The minimum atomic E-state index is -4.88. The summed E-state index contributed by atoms with van der Waals surface area (Å²) in [5, 5.41) is 9.49. The van der Waals surface area contributed by atoms with Crippen molar-refractivity contribution < 1.29 is 31.8 Å². The van der Waals surface area contributed by atoms with Gasteiger partial charge in [0.25, 0.3) is 0 Å². The molecule has 0 aliphatic rings. The molecule has 0 amide bonds. The fraction of sp³-hybridized carbons (Fsp3) is 0.0769. The van der Waals surface area contributed by atoms with Crippen molar-refractivity contribution in [2.75, 3.05) is 0 Å². The predicted octanol–water partition coefficient (Wildman–Crippen LogP) is 4.24. The van der Waals surface area contributed by atoms with Crippen LogP contribution in [0.1, 0.15) is 0 Å². The number of halogens is 5. The molecule has 2 nitrogen and oxygen atoms in total. The average Bonchev–Trinajstić information content (AvgIpc) is 2.32. The zero-order valence-electron chi connectivity index (χ0n) is 9.71. The molecule has 0 aliphatic heterocycles. The van der Waals surface area contributed by atoms with Gasteiger partial charge in [0.15, 0.2) is 11.6 Å². The first-order valence-corrected chi connectivity index (χ1v) is 5.30. The summed E-state index contributed by atoms with van der Waals surface area (Å²) >= 11 is 0. The van der Waals surface area contributed by atoms with E-state index in [2.05, 4.69) is 4.74 Å². The Morgan fingerprint density at radius 2 is 1.70 bits per heavy atom. The highest BCUT2D eigenvalue weighted by atomic mass is 19.4. The van der Waals surface area contributed by atoms with Gasteiger partial charge in [-0.25, -0.2) is 8.78 Å². The van der Waals surface area contributed by atoms with Gasteiger partial charge in [0, 0.05) is 11.6 Å². The number of benzene rings is 2. The molecule has 0 fully saturated rings. The van der Waals surface area contributed by atoms with E-state index in [1.807, 2.05) is 0 Å². The SMILES string of the molecule is Oc1c(F)cc(F)cc1-c1cccc(OC(F)(F)F)c1. The summed E-state index contributed by atoms with van der Waals surface area (Å²) in [7, 11) is 0. The third kappa shape index (κ3) is 3.17. The highest BCUT2D eigenvalue weighted by Crippen LogP contribution is 2.34. The molecule has 0 spiro atoms.